The van der Waals surface area contributed by atoms with Crippen LogP contribution in [-0.2, 0) is 6.54 Å². The highest BCUT2D eigenvalue weighted by molar-refractivity contribution is 5.88. The van der Waals surface area contributed by atoms with E-state index in [0.717, 1.165) is 11.3 Å². The summed E-state index contributed by atoms with van der Waals surface area (Å²) in [5.41, 5.74) is 1.93. The van der Waals surface area contributed by atoms with Crippen LogP contribution in [0, 0.1) is 6.92 Å². The molecule has 0 bridgehead atoms. The monoisotopic (exact) mass is 288 g/mol. The Balaban J connectivity index is 2.08. The molecule has 112 valence electrons. The molecule has 0 radical (unpaired) electrons. The number of hydrogen-bond donors (Lipinski definition) is 3. The van der Waals surface area contributed by atoms with E-state index in [9.17, 15) is 4.79 Å². The standard InChI is InChI=1S/C15H20N4O2/c1-11-8-14(17-15(21)16-12(2)10-20)19(18-11)9-13-6-4-3-5-7-13/h3-8,12,20H,9-10H2,1-2H3,(H2,16,17,21). The summed E-state index contributed by atoms with van der Waals surface area (Å²) < 4.78 is 1.74. The molecule has 3 N–H and O–H groups in total. The number of hydrogen-bond acceptors (Lipinski definition) is 3. The van der Waals surface area contributed by atoms with Crippen LogP contribution in [0.1, 0.15) is 18.2 Å². The maximum absolute atomic E-state index is 11.8. The number of carbonyl (C=O) groups excluding carboxylic acids is 1. The van der Waals surface area contributed by atoms with E-state index < -0.39 is 0 Å². The molecule has 1 aromatic carbocycles. The van der Waals surface area contributed by atoms with E-state index in [-0.39, 0.29) is 18.7 Å². The summed E-state index contributed by atoms with van der Waals surface area (Å²) in [6.45, 7) is 4.09. The first-order valence-corrected chi connectivity index (χ1v) is 6.85. The van der Waals surface area contributed by atoms with Crippen LogP contribution in [0.4, 0.5) is 10.6 Å². The Bertz CT molecular complexity index is 595. The number of nitrogens with zero attached hydrogens (tertiary/aromatic N) is 2. The van der Waals surface area contributed by atoms with E-state index in [1.807, 2.05) is 43.3 Å². The number of rotatable bonds is 5. The molecule has 2 rings (SSSR count). The highest BCUT2D eigenvalue weighted by Crippen LogP contribution is 2.13. The van der Waals surface area contributed by atoms with Gasteiger partial charge in [-0.1, -0.05) is 30.3 Å². The Labute approximate surface area is 123 Å². The summed E-state index contributed by atoms with van der Waals surface area (Å²) in [4.78, 5) is 11.8. The van der Waals surface area contributed by atoms with Crippen molar-refractivity contribution < 1.29 is 9.90 Å². The van der Waals surface area contributed by atoms with E-state index in [4.69, 9.17) is 5.11 Å². The molecule has 6 heteroatoms. The summed E-state index contributed by atoms with van der Waals surface area (Å²) in [5.74, 6) is 0.624. The number of aliphatic hydroxyl groups excluding tert-OH is 1. The molecule has 0 aliphatic carbocycles. The van der Waals surface area contributed by atoms with Gasteiger partial charge in [0.05, 0.1) is 24.9 Å². The van der Waals surface area contributed by atoms with Crippen LogP contribution in [0.15, 0.2) is 36.4 Å². The molecule has 1 heterocycles. The molecule has 0 aliphatic heterocycles. The number of benzene rings is 1. The SMILES string of the molecule is Cc1cc(NC(=O)NC(C)CO)n(Cc2ccccc2)n1. The second-order valence-corrected chi connectivity index (χ2v) is 5.00. The van der Waals surface area contributed by atoms with Gasteiger partial charge in [0.25, 0.3) is 0 Å². The van der Waals surface area contributed by atoms with Gasteiger partial charge in [-0.05, 0) is 19.4 Å². The minimum absolute atomic E-state index is 0.101. The number of aryl methyl sites for hydroxylation is 1. The molecule has 1 unspecified atom stereocenters. The van der Waals surface area contributed by atoms with Crippen LogP contribution in [-0.4, -0.2) is 33.6 Å². The average Bonchev–Trinajstić information content (AvgIpc) is 2.79. The molecule has 0 saturated carbocycles. The minimum Gasteiger partial charge on any atom is -0.394 e. The van der Waals surface area contributed by atoms with Crippen LogP contribution in [0.2, 0.25) is 0 Å². The van der Waals surface area contributed by atoms with Gasteiger partial charge in [-0.2, -0.15) is 5.10 Å². The van der Waals surface area contributed by atoms with Crippen LogP contribution in [0.3, 0.4) is 0 Å². The van der Waals surface area contributed by atoms with Crippen LogP contribution >= 0.6 is 0 Å². The molecule has 1 atom stereocenters. The predicted molar refractivity (Wildman–Crippen MR) is 81.2 cm³/mol. The minimum atomic E-state index is -0.356. The second-order valence-electron chi connectivity index (χ2n) is 5.00. The van der Waals surface area contributed by atoms with Crippen molar-refractivity contribution >= 4 is 11.8 Å². The van der Waals surface area contributed by atoms with E-state index in [0.29, 0.717) is 12.4 Å². The first-order valence-electron chi connectivity index (χ1n) is 6.85. The number of urea groups is 1. The number of aromatic nitrogens is 2. The Morgan fingerprint density at radius 2 is 2.10 bits per heavy atom. The highest BCUT2D eigenvalue weighted by Gasteiger charge is 2.11. The molecular weight excluding hydrogens is 268 g/mol. The van der Waals surface area contributed by atoms with Crippen LogP contribution in [0.25, 0.3) is 0 Å². The smallest absolute Gasteiger partial charge is 0.320 e. The van der Waals surface area contributed by atoms with Crippen molar-refractivity contribution in [2.75, 3.05) is 11.9 Å². The van der Waals surface area contributed by atoms with Crippen molar-refractivity contribution in [3.05, 3.63) is 47.7 Å². The zero-order valence-corrected chi connectivity index (χ0v) is 12.2. The molecule has 2 amide bonds. The first kappa shape index (κ1) is 15.1. The third-order valence-electron chi connectivity index (χ3n) is 2.97. The van der Waals surface area contributed by atoms with Crippen molar-refractivity contribution in [1.29, 1.82) is 0 Å². The van der Waals surface area contributed by atoms with Gasteiger partial charge in [0, 0.05) is 6.07 Å². The zero-order valence-electron chi connectivity index (χ0n) is 12.2. The quantitative estimate of drug-likeness (QED) is 0.784. The van der Waals surface area contributed by atoms with Gasteiger partial charge in [-0.25, -0.2) is 9.48 Å². The lowest BCUT2D eigenvalue weighted by molar-refractivity contribution is 0.229. The maximum atomic E-state index is 11.8. The van der Waals surface area contributed by atoms with Gasteiger partial charge in [0.2, 0.25) is 0 Å². The molecule has 2 aromatic rings. The van der Waals surface area contributed by atoms with Gasteiger partial charge in [0.15, 0.2) is 0 Å². The molecule has 0 spiro atoms. The lowest BCUT2D eigenvalue weighted by Gasteiger charge is -2.13. The van der Waals surface area contributed by atoms with Crippen molar-refractivity contribution in [3.8, 4) is 0 Å². The van der Waals surface area contributed by atoms with E-state index in [2.05, 4.69) is 15.7 Å². The van der Waals surface area contributed by atoms with Gasteiger partial charge in [-0.3, -0.25) is 5.32 Å². The number of amides is 2. The number of aliphatic hydroxyl groups is 1. The normalized spacial score (nSPS) is 12.0. The molecule has 6 nitrogen and oxygen atoms in total. The summed E-state index contributed by atoms with van der Waals surface area (Å²) in [7, 11) is 0. The molecule has 0 fully saturated rings. The Kier molecular flexibility index (Phi) is 4.94. The van der Waals surface area contributed by atoms with Crippen LogP contribution in [0.5, 0.6) is 0 Å². The first-order chi connectivity index (χ1) is 10.1. The molecule has 0 saturated heterocycles. The molecule has 0 aliphatic rings. The fraction of sp³-hybridized carbons (Fsp3) is 0.333. The summed E-state index contributed by atoms with van der Waals surface area (Å²) in [5, 5.41) is 18.7. The lowest BCUT2D eigenvalue weighted by atomic mass is 10.2. The van der Waals surface area contributed by atoms with E-state index in [1.165, 1.54) is 0 Å². The van der Waals surface area contributed by atoms with Gasteiger partial charge in [-0.15, -0.1) is 0 Å². The Morgan fingerprint density at radius 3 is 2.76 bits per heavy atom. The zero-order chi connectivity index (χ0) is 15.2. The fourth-order valence-electron chi connectivity index (χ4n) is 1.94. The highest BCUT2D eigenvalue weighted by atomic mass is 16.3. The largest absolute Gasteiger partial charge is 0.394 e. The Morgan fingerprint density at radius 1 is 1.38 bits per heavy atom. The predicted octanol–water partition coefficient (Wildman–Crippen LogP) is 1.74. The van der Waals surface area contributed by atoms with Crippen LogP contribution < -0.4 is 10.6 Å². The van der Waals surface area contributed by atoms with E-state index >= 15 is 0 Å². The average molecular weight is 288 g/mol. The topological polar surface area (TPSA) is 79.2 Å². The summed E-state index contributed by atoms with van der Waals surface area (Å²) in [6, 6.07) is 11.1. The number of carbonyl (C=O) groups is 1. The Hall–Kier alpha value is -2.34. The van der Waals surface area contributed by atoms with Gasteiger partial charge < -0.3 is 10.4 Å². The van der Waals surface area contributed by atoms with Crippen molar-refractivity contribution in [2.24, 2.45) is 0 Å². The maximum Gasteiger partial charge on any atom is 0.320 e. The van der Waals surface area contributed by atoms with Gasteiger partial charge >= 0.3 is 6.03 Å². The molecular formula is C15H20N4O2. The number of nitrogens with one attached hydrogen (secondary N) is 2. The summed E-state index contributed by atoms with van der Waals surface area (Å²) in [6.07, 6.45) is 0. The van der Waals surface area contributed by atoms with Gasteiger partial charge in [0.1, 0.15) is 5.82 Å². The lowest BCUT2D eigenvalue weighted by Crippen LogP contribution is -2.38. The van der Waals surface area contributed by atoms with Crippen molar-refractivity contribution in [2.45, 2.75) is 26.4 Å². The molecule has 21 heavy (non-hydrogen) atoms. The fourth-order valence-corrected chi connectivity index (χ4v) is 1.94. The third kappa shape index (κ3) is 4.32. The van der Waals surface area contributed by atoms with Crippen molar-refractivity contribution in [3.63, 3.8) is 0 Å². The van der Waals surface area contributed by atoms with E-state index in [1.54, 1.807) is 11.6 Å². The van der Waals surface area contributed by atoms with Crippen molar-refractivity contribution in [1.82, 2.24) is 15.1 Å². The molecule has 1 aromatic heterocycles. The number of anilines is 1. The summed E-state index contributed by atoms with van der Waals surface area (Å²) >= 11 is 0. The third-order valence-corrected chi connectivity index (χ3v) is 2.97. The second kappa shape index (κ2) is 6.90.